The molecule has 0 bridgehead atoms. The van der Waals surface area contributed by atoms with Gasteiger partial charge in [0.25, 0.3) is 0 Å². The summed E-state index contributed by atoms with van der Waals surface area (Å²) in [6.45, 7) is 6.49. The predicted octanol–water partition coefficient (Wildman–Crippen LogP) is 1.34. The lowest BCUT2D eigenvalue weighted by Crippen LogP contribution is -2.37. The number of hydrogen-bond donors (Lipinski definition) is 1. The molecule has 1 rings (SSSR count). The van der Waals surface area contributed by atoms with Crippen molar-refractivity contribution >= 4 is 0 Å². The first kappa shape index (κ1) is 12.9. The summed E-state index contributed by atoms with van der Waals surface area (Å²) >= 11 is 0. The van der Waals surface area contributed by atoms with E-state index in [0.29, 0.717) is 6.04 Å². The Morgan fingerprint density at radius 3 is 2.80 bits per heavy atom. The largest absolute Gasteiger partial charge is 0.381 e. The van der Waals surface area contributed by atoms with Gasteiger partial charge in [-0.1, -0.05) is 6.92 Å². The normalized spacial score (nSPS) is 23.6. The molecule has 1 heterocycles. The maximum Gasteiger partial charge on any atom is 0.0509 e. The highest BCUT2D eigenvalue weighted by Crippen LogP contribution is 2.18. The van der Waals surface area contributed by atoms with Gasteiger partial charge in [0.1, 0.15) is 0 Å². The monoisotopic (exact) mass is 214 g/mol. The van der Waals surface area contributed by atoms with E-state index in [1.54, 1.807) is 0 Å². The van der Waals surface area contributed by atoms with Crippen LogP contribution < -0.4 is 5.32 Å². The lowest BCUT2D eigenvalue weighted by molar-refractivity contribution is 0.175. The van der Waals surface area contributed by atoms with Gasteiger partial charge in [0.05, 0.1) is 6.61 Å². The molecule has 1 N–H and O–H groups in total. The van der Waals surface area contributed by atoms with Gasteiger partial charge < -0.3 is 15.0 Å². The fourth-order valence-electron chi connectivity index (χ4n) is 2.20. The van der Waals surface area contributed by atoms with E-state index in [9.17, 15) is 0 Å². The van der Waals surface area contributed by atoms with E-state index in [4.69, 9.17) is 4.74 Å². The topological polar surface area (TPSA) is 24.5 Å². The average molecular weight is 214 g/mol. The Balaban J connectivity index is 2.10. The fourth-order valence-corrected chi connectivity index (χ4v) is 2.20. The molecule has 1 aliphatic rings. The number of nitrogens with one attached hydrogen (secondary N) is 1. The summed E-state index contributed by atoms with van der Waals surface area (Å²) < 4.78 is 5.44. The van der Waals surface area contributed by atoms with Gasteiger partial charge >= 0.3 is 0 Å². The predicted molar refractivity (Wildman–Crippen MR) is 64.2 cm³/mol. The number of nitrogens with zero attached hydrogens (tertiary/aromatic N) is 1. The average Bonchev–Trinajstić information content (AvgIpc) is 2.70. The molecule has 1 saturated heterocycles. The molecule has 0 aromatic rings. The van der Waals surface area contributed by atoms with E-state index >= 15 is 0 Å². The third-order valence-electron chi connectivity index (χ3n) is 3.16. The molecular formula is C12H26N2O. The van der Waals surface area contributed by atoms with Crippen molar-refractivity contribution in [2.75, 3.05) is 40.4 Å². The van der Waals surface area contributed by atoms with Crippen LogP contribution in [0.1, 0.15) is 26.2 Å². The van der Waals surface area contributed by atoms with Gasteiger partial charge in [0.2, 0.25) is 0 Å². The molecule has 90 valence electrons. The molecular weight excluding hydrogens is 188 g/mol. The fraction of sp³-hybridized carbons (Fsp3) is 1.00. The highest BCUT2D eigenvalue weighted by atomic mass is 16.5. The first-order chi connectivity index (χ1) is 7.24. The van der Waals surface area contributed by atoms with Gasteiger partial charge in [-0.15, -0.1) is 0 Å². The summed E-state index contributed by atoms with van der Waals surface area (Å²) in [5.41, 5.74) is 0. The Labute approximate surface area is 94.2 Å². The zero-order valence-corrected chi connectivity index (χ0v) is 10.5. The number of hydrogen-bond acceptors (Lipinski definition) is 3. The van der Waals surface area contributed by atoms with E-state index in [0.717, 1.165) is 25.7 Å². The summed E-state index contributed by atoms with van der Waals surface area (Å²) in [4.78, 5) is 2.24. The lowest BCUT2D eigenvalue weighted by atomic mass is 9.97. The van der Waals surface area contributed by atoms with Gasteiger partial charge in [-0.05, 0) is 52.4 Å². The van der Waals surface area contributed by atoms with Crippen LogP contribution in [0.15, 0.2) is 0 Å². The second-order valence-corrected chi connectivity index (χ2v) is 4.75. The highest BCUT2D eigenvalue weighted by molar-refractivity contribution is 4.78. The molecule has 0 radical (unpaired) electrons. The smallest absolute Gasteiger partial charge is 0.0509 e. The van der Waals surface area contributed by atoms with Crippen LogP contribution in [-0.2, 0) is 4.74 Å². The van der Waals surface area contributed by atoms with Crippen molar-refractivity contribution in [2.24, 2.45) is 5.92 Å². The van der Waals surface area contributed by atoms with Crippen LogP contribution in [0.3, 0.4) is 0 Å². The molecule has 2 atom stereocenters. The quantitative estimate of drug-likeness (QED) is 0.647. The first-order valence-corrected chi connectivity index (χ1v) is 6.20. The molecule has 3 heteroatoms. The third-order valence-corrected chi connectivity index (χ3v) is 3.16. The molecule has 0 amide bonds. The SMILES string of the molecule is CCC(NCCCN(C)C)C1CCOC1. The highest BCUT2D eigenvalue weighted by Gasteiger charge is 2.23. The van der Waals surface area contributed by atoms with Crippen molar-refractivity contribution in [3.8, 4) is 0 Å². The van der Waals surface area contributed by atoms with Crippen molar-refractivity contribution in [3.63, 3.8) is 0 Å². The molecule has 1 aliphatic heterocycles. The minimum atomic E-state index is 0.662. The Morgan fingerprint density at radius 1 is 1.47 bits per heavy atom. The molecule has 15 heavy (non-hydrogen) atoms. The van der Waals surface area contributed by atoms with Crippen LogP contribution in [0.4, 0.5) is 0 Å². The van der Waals surface area contributed by atoms with Crippen molar-refractivity contribution in [3.05, 3.63) is 0 Å². The first-order valence-electron chi connectivity index (χ1n) is 6.20. The third kappa shape index (κ3) is 4.96. The van der Waals surface area contributed by atoms with Gasteiger partial charge in [-0.3, -0.25) is 0 Å². The van der Waals surface area contributed by atoms with E-state index in [1.807, 2.05) is 0 Å². The van der Waals surface area contributed by atoms with Crippen molar-refractivity contribution in [2.45, 2.75) is 32.2 Å². The summed E-state index contributed by atoms with van der Waals surface area (Å²) in [7, 11) is 4.25. The molecule has 0 aromatic carbocycles. The van der Waals surface area contributed by atoms with Gasteiger partial charge in [-0.25, -0.2) is 0 Å². The molecule has 1 fully saturated rings. The van der Waals surface area contributed by atoms with Crippen LogP contribution in [0.25, 0.3) is 0 Å². The summed E-state index contributed by atoms with van der Waals surface area (Å²) in [5, 5.41) is 3.66. The van der Waals surface area contributed by atoms with Crippen LogP contribution in [-0.4, -0.2) is 51.3 Å². The molecule has 0 aromatic heterocycles. The minimum Gasteiger partial charge on any atom is -0.381 e. The van der Waals surface area contributed by atoms with Crippen LogP contribution >= 0.6 is 0 Å². The Kier molecular flexibility index (Phi) is 6.22. The molecule has 0 spiro atoms. The van der Waals surface area contributed by atoms with Crippen LogP contribution in [0.5, 0.6) is 0 Å². The summed E-state index contributed by atoms with van der Waals surface area (Å²) in [6.07, 6.45) is 3.69. The number of rotatable bonds is 7. The van der Waals surface area contributed by atoms with E-state index < -0.39 is 0 Å². The standard InChI is InChI=1S/C12H26N2O/c1-4-12(11-6-9-15-10-11)13-7-5-8-14(2)3/h11-13H,4-10H2,1-3H3. The second-order valence-electron chi connectivity index (χ2n) is 4.75. The van der Waals surface area contributed by atoms with Crippen LogP contribution in [0.2, 0.25) is 0 Å². The summed E-state index contributed by atoms with van der Waals surface area (Å²) in [5.74, 6) is 0.745. The van der Waals surface area contributed by atoms with E-state index in [1.165, 1.54) is 25.8 Å². The molecule has 3 nitrogen and oxygen atoms in total. The van der Waals surface area contributed by atoms with Gasteiger partial charge in [0.15, 0.2) is 0 Å². The lowest BCUT2D eigenvalue weighted by Gasteiger charge is -2.22. The molecule has 0 saturated carbocycles. The maximum absolute atomic E-state index is 5.44. The Bertz CT molecular complexity index is 156. The van der Waals surface area contributed by atoms with Gasteiger partial charge in [0, 0.05) is 12.6 Å². The molecule has 0 aliphatic carbocycles. The second kappa shape index (κ2) is 7.20. The Morgan fingerprint density at radius 2 is 2.27 bits per heavy atom. The maximum atomic E-state index is 5.44. The molecule has 2 unspecified atom stereocenters. The zero-order valence-electron chi connectivity index (χ0n) is 10.5. The van der Waals surface area contributed by atoms with E-state index in [2.05, 4.69) is 31.2 Å². The summed E-state index contributed by atoms with van der Waals surface area (Å²) in [6, 6.07) is 0.662. The van der Waals surface area contributed by atoms with Crippen molar-refractivity contribution in [1.29, 1.82) is 0 Å². The Hall–Kier alpha value is -0.120. The van der Waals surface area contributed by atoms with Gasteiger partial charge in [-0.2, -0.15) is 0 Å². The minimum absolute atomic E-state index is 0.662. The van der Waals surface area contributed by atoms with Crippen LogP contribution in [0, 0.1) is 5.92 Å². The van der Waals surface area contributed by atoms with Crippen molar-refractivity contribution < 1.29 is 4.74 Å². The van der Waals surface area contributed by atoms with E-state index in [-0.39, 0.29) is 0 Å². The van der Waals surface area contributed by atoms with Crippen molar-refractivity contribution in [1.82, 2.24) is 10.2 Å². The number of ether oxygens (including phenoxy) is 1. The zero-order chi connectivity index (χ0) is 11.1.